The van der Waals surface area contributed by atoms with Gasteiger partial charge < -0.3 is 23.9 Å². The van der Waals surface area contributed by atoms with Crippen LogP contribution >= 0.6 is 0 Å². The lowest BCUT2D eigenvalue weighted by Crippen LogP contribution is -2.40. The highest BCUT2D eigenvalue weighted by Gasteiger charge is 2.41. The van der Waals surface area contributed by atoms with Crippen LogP contribution in [0, 0.1) is 5.92 Å². The van der Waals surface area contributed by atoms with Crippen LogP contribution in [-0.2, 0) is 4.74 Å². The molecule has 2 saturated heterocycles. The fourth-order valence-corrected chi connectivity index (χ4v) is 4.71. The van der Waals surface area contributed by atoms with E-state index in [2.05, 4.69) is 24.8 Å². The summed E-state index contributed by atoms with van der Waals surface area (Å²) >= 11 is 0. The molecular weight excluding hydrogens is 469 g/mol. The molecule has 0 amide bonds. The molecule has 0 bridgehead atoms. The molecular formula is C22H25F3N6O4. The van der Waals surface area contributed by atoms with Crippen molar-refractivity contribution in [2.24, 2.45) is 5.92 Å². The van der Waals surface area contributed by atoms with E-state index in [-0.39, 0.29) is 30.3 Å². The first-order valence-electron chi connectivity index (χ1n) is 11.5. The molecule has 13 heteroatoms. The quantitative estimate of drug-likeness (QED) is 0.535. The first-order chi connectivity index (χ1) is 16.8. The molecule has 1 unspecified atom stereocenters. The molecule has 5 rings (SSSR count). The minimum atomic E-state index is -4.10. The Bertz CT molecular complexity index is 1290. The Kier molecular flexibility index (Phi) is 6.36. The Morgan fingerprint density at radius 2 is 1.94 bits per heavy atom. The van der Waals surface area contributed by atoms with Gasteiger partial charge >= 0.3 is 11.9 Å². The van der Waals surface area contributed by atoms with Crippen LogP contribution in [0.25, 0.3) is 22.4 Å². The molecule has 0 radical (unpaired) electrons. The lowest BCUT2D eigenvalue weighted by atomic mass is 9.96. The van der Waals surface area contributed by atoms with Crippen molar-refractivity contribution >= 4 is 16.9 Å². The number of hydrogen-bond acceptors (Lipinski definition) is 8. The lowest BCUT2D eigenvalue weighted by Gasteiger charge is -2.32. The van der Waals surface area contributed by atoms with Crippen molar-refractivity contribution in [2.75, 3.05) is 44.2 Å². The fraction of sp³-hybridized carbons (Fsp3) is 0.545. The molecule has 2 fully saturated rings. The van der Waals surface area contributed by atoms with E-state index in [1.165, 1.54) is 12.5 Å². The molecule has 10 nitrogen and oxygen atoms in total. The Morgan fingerprint density at radius 3 is 2.69 bits per heavy atom. The van der Waals surface area contributed by atoms with E-state index in [1.54, 1.807) is 6.07 Å². The van der Waals surface area contributed by atoms with Crippen LogP contribution in [0.15, 0.2) is 32.6 Å². The summed E-state index contributed by atoms with van der Waals surface area (Å²) in [4.78, 5) is 40.6. The summed E-state index contributed by atoms with van der Waals surface area (Å²) in [5, 5.41) is 0.640. The number of aromatic amines is 2. The van der Waals surface area contributed by atoms with E-state index in [0.717, 1.165) is 6.42 Å². The number of ether oxygens (including phenoxy) is 1. The second-order valence-electron chi connectivity index (χ2n) is 8.90. The number of rotatable bonds is 6. The third kappa shape index (κ3) is 5.10. The molecule has 0 saturated carbocycles. The van der Waals surface area contributed by atoms with Crippen LogP contribution in [-0.4, -0.2) is 76.4 Å². The predicted molar refractivity (Wildman–Crippen MR) is 120 cm³/mol. The fourth-order valence-electron chi connectivity index (χ4n) is 4.71. The average Bonchev–Trinajstić information content (AvgIpc) is 3.46. The van der Waals surface area contributed by atoms with Crippen LogP contribution in [0.5, 0.6) is 0 Å². The van der Waals surface area contributed by atoms with Gasteiger partial charge in [-0.25, -0.2) is 14.8 Å². The maximum absolute atomic E-state index is 12.8. The number of piperidine rings is 1. The van der Waals surface area contributed by atoms with Crippen molar-refractivity contribution in [3.63, 3.8) is 0 Å². The summed E-state index contributed by atoms with van der Waals surface area (Å²) in [6.45, 7) is 3.24. The zero-order valence-corrected chi connectivity index (χ0v) is 18.8. The normalized spacial score (nSPS) is 20.2. The monoisotopic (exact) mass is 494 g/mol. The molecule has 2 aliphatic heterocycles. The average molecular weight is 494 g/mol. The van der Waals surface area contributed by atoms with Crippen molar-refractivity contribution in [1.82, 2.24) is 24.8 Å². The third-order valence-corrected chi connectivity index (χ3v) is 6.65. The van der Waals surface area contributed by atoms with Crippen LogP contribution in [0.4, 0.5) is 19.0 Å². The molecule has 188 valence electrons. The maximum Gasteiger partial charge on any atom is 0.391 e. The molecule has 0 aromatic carbocycles. The molecule has 5 heterocycles. The number of likely N-dealkylation sites (tertiary alicyclic amines) is 1. The van der Waals surface area contributed by atoms with Gasteiger partial charge in [0.15, 0.2) is 0 Å². The zero-order valence-electron chi connectivity index (χ0n) is 18.8. The Labute approximate surface area is 197 Å². The molecule has 3 aromatic heterocycles. The van der Waals surface area contributed by atoms with Gasteiger partial charge in [0.05, 0.1) is 29.6 Å². The summed E-state index contributed by atoms with van der Waals surface area (Å²) in [6.07, 6.45) is -0.386. The molecule has 0 aliphatic carbocycles. The lowest BCUT2D eigenvalue weighted by molar-refractivity contribution is -0.185. The van der Waals surface area contributed by atoms with E-state index >= 15 is 0 Å². The topological polar surface area (TPSA) is 120 Å². The molecule has 35 heavy (non-hydrogen) atoms. The number of halogens is 3. The van der Waals surface area contributed by atoms with Gasteiger partial charge in [-0.05, 0) is 38.4 Å². The molecule has 0 spiro atoms. The highest BCUT2D eigenvalue weighted by atomic mass is 19.4. The maximum atomic E-state index is 12.8. The van der Waals surface area contributed by atoms with Crippen LogP contribution in [0.1, 0.15) is 19.3 Å². The van der Waals surface area contributed by atoms with Crippen LogP contribution in [0.3, 0.4) is 0 Å². The summed E-state index contributed by atoms with van der Waals surface area (Å²) in [5.41, 5.74) is -0.679. The minimum absolute atomic E-state index is 0.0267. The molecule has 2 aliphatic rings. The van der Waals surface area contributed by atoms with Gasteiger partial charge in [-0.15, -0.1) is 0 Å². The number of furan rings is 1. The van der Waals surface area contributed by atoms with E-state index in [1.807, 2.05) is 4.90 Å². The van der Waals surface area contributed by atoms with Gasteiger partial charge in [0.25, 0.3) is 5.56 Å². The van der Waals surface area contributed by atoms with Gasteiger partial charge in [0.1, 0.15) is 17.9 Å². The second-order valence-corrected chi connectivity index (χ2v) is 8.90. The van der Waals surface area contributed by atoms with Gasteiger partial charge in [0, 0.05) is 25.8 Å². The smallest absolute Gasteiger partial charge is 0.391 e. The van der Waals surface area contributed by atoms with E-state index in [0.29, 0.717) is 56.2 Å². The number of fused-ring (bicyclic) bond motifs is 1. The van der Waals surface area contributed by atoms with Gasteiger partial charge in [-0.2, -0.15) is 13.2 Å². The zero-order chi connectivity index (χ0) is 24.6. The SMILES string of the molecule is O=c1[nH]cc(-c2cc3c(N4CCC(OCCN5CCC(C(F)(F)F)CC5)C4)ncnc3o2)c(=O)[nH]1. The third-order valence-electron chi connectivity index (χ3n) is 6.65. The number of hydrogen-bond donors (Lipinski definition) is 2. The minimum Gasteiger partial charge on any atom is -0.437 e. The van der Waals surface area contributed by atoms with Gasteiger partial charge in [-0.1, -0.05) is 0 Å². The Balaban J connectivity index is 1.19. The number of H-pyrrole nitrogens is 2. The summed E-state index contributed by atoms with van der Waals surface area (Å²) in [6, 6.07) is 1.67. The predicted octanol–water partition coefficient (Wildman–Crippen LogP) is 2.14. The molecule has 3 aromatic rings. The van der Waals surface area contributed by atoms with Crippen molar-refractivity contribution in [2.45, 2.75) is 31.5 Å². The highest BCUT2D eigenvalue weighted by Crippen LogP contribution is 2.34. The van der Waals surface area contributed by atoms with Crippen molar-refractivity contribution < 1.29 is 22.3 Å². The van der Waals surface area contributed by atoms with E-state index in [4.69, 9.17) is 9.15 Å². The number of anilines is 1. The standard InChI is InChI=1S/C22H25F3N6O4/c23-22(24,25)13-1-4-30(5-2-13)7-8-34-14-3-6-31(11-14)18-15-9-17(35-20(15)28-12-27-18)16-10-26-21(33)29-19(16)32/h9-10,12-14H,1-8,11H2,(H2,26,29,32,33). The first-order valence-corrected chi connectivity index (χ1v) is 11.5. The number of alkyl halides is 3. The van der Waals surface area contributed by atoms with Crippen molar-refractivity contribution in [3.05, 3.63) is 39.4 Å². The summed E-state index contributed by atoms with van der Waals surface area (Å²) < 4.78 is 50.2. The Morgan fingerprint density at radius 1 is 1.14 bits per heavy atom. The van der Waals surface area contributed by atoms with E-state index in [9.17, 15) is 22.8 Å². The number of nitrogens with zero attached hydrogens (tertiary/aromatic N) is 4. The van der Waals surface area contributed by atoms with Gasteiger partial charge in [0.2, 0.25) is 5.71 Å². The van der Waals surface area contributed by atoms with Crippen molar-refractivity contribution in [1.29, 1.82) is 0 Å². The molecule has 2 N–H and O–H groups in total. The highest BCUT2D eigenvalue weighted by molar-refractivity contribution is 5.89. The van der Waals surface area contributed by atoms with E-state index < -0.39 is 23.3 Å². The Hall–Kier alpha value is -3.19. The van der Waals surface area contributed by atoms with Gasteiger partial charge in [-0.3, -0.25) is 9.78 Å². The number of nitrogens with one attached hydrogen (secondary N) is 2. The van der Waals surface area contributed by atoms with Crippen LogP contribution < -0.4 is 16.1 Å². The summed E-state index contributed by atoms with van der Waals surface area (Å²) in [7, 11) is 0. The first kappa shape index (κ1) is 23.5. The summed E-state index contributed by atoms with van der Waals surface area (Å²) in [5.74, 6) is -0.273. The van der Waals surface area contributed by atoms with Crippen LogP contribution in [0.2, 0.25) is 0 Å². The molecule has 1 atom stereocenters. The second kappa shape index (κ2) is 9.46. The largest absolute Gasteiger partial charge is 0.437 e. The number of aromatic nitrogens is 4. The van der Waals surface area contributed by atoms with Crippen molar-refractivity contribution in [3.8, 4) is 11.3 Å².